The minimum atomic E-state index is -1.29. The van der Waals surface area contributed by atoms with E-state index in [1.54, 1.807) is 82.8 Å². The second-order valence-electron chi connectivity index (χ2n) is 10.5. The highest BCUT2D eigenvalue weighted by atomic mass is 16.7. The summed E-state index contributed by atoms with van der Waals surface area (Å²) in [6.07, 6.45) is -1.29. The van der Waals surface area contributed by atoms with Gasteiger partial charge in [-0.1, -0.05) is 36.4 Å². The number of esters is 2. The normalized spacial score (nSPS) is 12.1. The smallest absolute Gasteiger partial charge is 0.315 e. The molecule has 0 saturated carbocycles. The number of para-hydroxylation sites is 2. The average molecular weight is 487 g/mol. The third-order valence-electron chi connectivity index (χ3n) is 5.19. The number of ether oxygens (including phenoxy) is 2. The number of rotatable bonds is 10. The Morgan fingerprint density at radius 3 is 1.74 bits per heavy atom. The number of nitrogens with one attached hydrogen (secondary N) is 1. The molecule has 0 aromatic heterocycles. The molecule has 0 aliphatic rings. The van der Waals surface area contributed by atoms with Crippen LogP contribution in [0.4, 0.5) is 0 Å². The highest BCUT2D eigenvalue weighted by Crippen LogP contribution is 2.25. The minimum Gasteiger partial charge on any atom is -0.508 e. The van der Waals surface area contributed by atoms with Crippen molar-refractivity contribution in [3.63, 3.8) is 0 Å². The van der Waals surface area contributed by atoms with Crippen LogP contribution in [0.15, 0.2) is 48.5 Å². The lowest BCUT2D eigenvalue weighted by atomic mass is 9.97. The number of hydrogen-bond acceptors (Lipinski definition) is 8. The van der Waals surface area contributed by atoms with Crippen LogP contribution in [0, 0.1) is 10.8 Å². The number of aromatic hydroxyl groups is 2. The maximum absolute atomic E-state index is 12.7. The molecule has 0 fully saturated rings. The first kappa shape index (κ1) is 28.1. The van der Waals surface area contributed by atoms with Gasteiger partial charge in [0.2, 0.25) is 0 Å². The summed E-state index contributed by atoms with van der Waals surface area (Å²) >= 11 is 0. The number of phenolic OH excluding ortho intramolecular Hbond substituents is 2. The molecule has 2 rings (SSSR count). The Hall–Kier alpha value is -3.10. The average Bonchev–Trinajstić information content (AvgIpc) is 2.76. The maximum atomic E-state index is 12.7. The molecule has 0 saturated heterocycles. The molecule has 35 heavy (non-hydrogen) atoms. The standard InChI is InChI=1S/C27H38N2O6/c1-26(2,3)23(32)34-25(35-24(33)27(4,5)6)29(18-20-12-8-10-14-22(20)31)16-15-28-17-19-11-7-9-13-21(19)30/h7-14,25,28,30-31H,15-18H2,1-6H3. The second kappa shape index (κ2) is 12.0. The molecule has 0 radical (unpaired) electrons. The van der Waals surface area contributed by atoms with Crippen molar-refractivity contribution in [2.75, 3.05) is 13.1 Å². The molecule has 2 aromatic carbocycles. The fraction of sp³-hybridized carbons (Fsp3) is 0.481. The van der Waals surface area contributed by atoms with Crippen molar-refractivity contribution in [3.8, 4) is 11.5 Å². The van der Waals surface area contributed by atoms with Crippen LogP contribution >= 0.6 is 0 Å². The van der Waals surface area contributed by atoms with Crippen molar-refractivity contribution in [2.24, 2.45) is 10.8 Å². The molecule has 0 amide bonds. The minimum absolute atomic E-state index is 0.0858. The van der Waals surface area contributed by atoms with E-state index in [9.17, 15) is 19.8 Å². The number of carbonyl (C=O) groups excluding carboxylic acids is 2. The fourth-order valence-electron chi connectivity index (χ4n) is 2.94. The molecule has 0 spiro atoms. The Labute approximate surface area is 207 Å². The fourth-order valence-corrected chi connectivity index (χ4v) is 2.94. The number of phenols is 2. The van der Waals surface area contributed by atoms with Crippen LogP contribution in [0.5, 0.6) is 11.5 Å². The molecule has 3 N–H and O–H groups in total. The van der Waals surface area contributed by atoms with Gasteiger partial charge in [-0.2, -0.15) is 0 Å². The Kier molecular flexibility index (Phi) is 9.68. The van der Waals surface area contributed by atoms with Gasteiger partial charge in [0.05, 0.1) is 10.8 Å². The van der Waals surface area contributed by atoms with Crippen molar-refractivity contribution in [1.29, 1.82) is 0 Å². The van der Waals surface area contributed by atoms with E-state index >= 15 is 0 Å². The molecule has 0 bridgehead atoms. The zero-order valence-electron chi connectivity index (χ0n) is 21.5. The summed E-state index contributed by atoms with van der Waals surface area (Å²) in [4.78, 5) is 27.2. The van der Waals surface area contributed by atoms with Crippen LogP contribution in [0.25, 0.3) is 0 Å². The topological polar surface area (TPSA) is 108 Å². The Morgan fingerprint density at radius 2 is 1.29 bits per heavy atom. The van der Waals surface area contributed by atoms with Crippen LogP contribution in [0.3, 0.4) is 0 Å². The first-order valence-corrected chi connectivity index (χ1v) is 11.7. The molecule has 0 unspecified atom stereocenters. The molecule has 0 aliphatic carbocycles. The van der Waals surface area contributed by atoms with Crippen molar-refractivity contribution in [2.45, 2.75) is 61.0 Å². The van der Waals surface area contributed by atoms with Gasteiger partial charge in [-0.15, -0.1) is 0 Å². The summed E-state index contributed by atoms with van der Waals surface area (Å²) in [5.74, 6) is -0.757. The lowest BCUT2D eigenvalue weighted by molar-refractivity contribution is -0.233. The van der Waals surface area contributed by atoms with E-state index in [0.717, 1.165) is 5.56 Å². The highest BCUT2D eigenvalue weighted by molar-refractivity contribution is 5.77. The SMILES string of the molecule is CC(C)(C)C(=O)OC(OC(=O)C(C)(C)C)N(CCNCc1ccccc1O)Cc1ccccc1O. The predicted molar refractivity (Wildman–Crippen MR) is 133 cm³/mol. The van der Waals surface area contributed by atoms with Crippen LogP contribution in [-0.2, 0) is 32.2 Å². The van der Waals surface area contributed by atoms with E-state index in [0.29, 0.717) is 25.2 Å². The molecule has 0 heterocycles. The summed E-state index contributed by atoms with van der Waals surface area (Å²) in [5.41, 5.74) is -0.280. The lowest BCUT2D eigenvalue weighted by Crippen LogP contribution is -2.47. The Balaban J connectivity index is 2.26. The first-order chi connectivity index (χ1) is 16.3. The quantitative estimate of drug-likeness (QED) is 0.261. The van der Waals surface area contributed by atoms with Gasteiger partial charge >= 0.3 is 18.4 Å². The van der Waals surface area contributed by atoms with Crippen LogP contribution in [0.1, 0.15) is 52.7 Å². The number of benzene rings is 2. The van der Waals surface area contributed by atoms with Gasteiger partial charge in [0.15, 0.2) is 0 Å². The summed E-state index contributed by atoms with van der Waals surface area (Å²) < 4.78 is 11.4. The van der Waals surface area contributed by atoms with Gasteiger partial charge in [0, 0.05) is 37.3 Å². The molecular weight excluding hydrogens is 448 g/mol. The van der Waals surface area contributed by atoms with Gasteiger partial charge in [-0.25, -0.2) is 4.90 Å². The monoisotopic (exact) mass is 486 g/mol. The van der Waals surface area contributed by atoms with Gasteiger partial charge < -0.3 is 25.0 Å². The predicted octanol–water partition coefficient (Wildman–Crippen LogP) is 4.15. The van der Waals surface area contributed by atoms with E-state index in [4.69, 9.17) is 9.47 Å². The largest absolute Gasteiger partial charge is 0.508 e. The van der Waals surface area contributed by atoms with Gasteiger partial charge in [0.1, 0.15) is 11.5 Å². The molecular formula is C27H38N2O6. The third kappa shape index (κ3) is 8.88. The highest BCUT2D eigenvalue weighted by Gasteiger charge is 2.35. The molecule has 0 aliphatic heterocycles. The van der Waals surface area contributed by atoms with Crippen molar-refractivity contribution in [3.05, 3.63) is 59.7 Å². The van der Waals surface area contributed by atoms with Crippen LogP contribution in [-0.4, -0.2) is 46.6 Å². The number of carbonyl (C=O) groups is 2. The summed E-state index contributed by atoms with van der Waals surface area (Å²) in [6.45, 7) is 11.7. The summed E-state index contributed by atoms with van der Waals surface area (Å²) in [7, 11) is 0. The van der Waals surface area contributed by atoms with Gasteiger partial charge in [-0.05, 0) is 53.7 Å². The van der Waals surface area contributed by atoms with E-state index < -0.39 is 29.2 Å². The van der Waals surface area contributed by atoms with Crippen LogP contribution < -0.4 is 5.32 Å². The molecule has 8 heteroatoms. The zero-order valence-corrected chi connectivity index (χ0v) is 21.5. The van der Waals surface area contributed by atoms with Crippen molar-refractivity contribution >= 4 is 11.9 Å². The third-order valence-corrected chi connectivity index (χ3v) is 5.19. The van der Waals surface area contributed by atoms with E-state index in [1.807, 2.05) is 12.1 Å². The molecule has 2 aromatic rings. The lowest BCUT2D eigenvalue weighted by Gasteiger charge is -2.33. The van der Waals surface area contributed by atoms with E-state index in [-0.39, 0.29) is 18.0 Å². The van der Waals surface area contributed by atoms with Crippen molar-refractivity contribution in [1.82, 2.24) is 10.2 Å². The summed E-state index contributed by atoms with van der Waals surface area (Å²) in [6, 6.07) is 13.9. The molecule has 192 valence electrons. The second-order valence-corrected chi connectivity index (χ2v) is 10.5. The molecule has 0 atom stereocenters. The van der Waals surface area contributed by atoms with E-state index in [2.05, 4.69) is 5.32 Å². The Bertz CT molecular complexity index is 966. The first-order valence-electron chi connectivity index (χ1n) is 11.7. The number of hydrogen-bond donors (Lipinski definition) is 3. The zero-order chi connectivity index (χ0) is 26.2. The molecule has 8 nitrogen and oxygen atoms in total. The number of nitrogens with zero attached hydrogens (tertiary/aromatic N) is 1. The Morgan fingerprint density at radius 1 is 0.829 bits per heavy atom. The van der Waals surface area contributed by atoms with E-state index in [1.165, 1.54) is 0 Å². The van der Waals surface area contributed by atoms with Gasteiger partial charge in [-0.3, -0.25) is 9.59 Å². The summed E-state index contributed by atoms with van der Waals surface area (Å²) in [5, 5.41) is 23.6. The maximum Gasteiger partial charge on any atom is 0.315 e. The van der Waals surface area contributed by atoms with Crippen molar-refractivity contribution < 1.29 is 29.3 Å². The van der Waals surface area contributed by atoms with Crippen LogP contribution in [0.2, 0.25) is 0 Å². The van der Waals surface area contributed by atoms with Gasteiger partial charge in [0.25, 0.3) is 0 Å².